The van der Waals surface area contributed by atoms with E-state index in [9.17, 15) is 9.18 Å². The van der Waals surface area contributed by atoms with Gasteiger partial charge in [0, 0.05) is 6.54 Å². The van der Waals surface area contributed by atoms with Crippen LogP contribution in [0, 0.1) is 12.7 Å². The van der Waals surface area contributed by atoms with Gasteiger partial charge in [0.2, 0.25) is 0 Å². The van der Waals surface area contributed by atoms with E-state index < -0.39 is 5.82 Å². The summed E-state index contributed by atoms with van der Waals surface area (Å²) in [6, 6.07) is 12.1. The van der Waals surface area contributed by atoms with Gasteiger partial charge in [-0.25, -0.2) is 9.37 Å². The average molecular weight is 408 g/mol. The molecule has 1 heterocycles. The topological polar surface area (TPSA) is 36.4 Å². The molecule has 0 aliphatic carbocycles. The van der Waals surface area contributed by atoms with Gasteiger partial charge in [-0.2, -0.15) is 0 Å². The Hall–Kier alpha value is -2.02. The molecule has 0 N–H and O–H groups in total. The number of benzene rings is 2. The second-order valence-electron chi connectivity index (χ2n) is 6.56. The third kappa shape index (κ3) is 5.03. The number of carbonyl (C=O) groups excluding carboxylic acids is 1. The first-order valence-electron chi connectivity index (χ1n) is 8.54. The number of carbonyl (C=O) groups is 1. The van der Waals surface area contributed by atoms with Gasteiger partial charge in [-0.1, -0.05) is 29.5 Å². The molecule has 0 atom stereocenters. The van der Waals surface area contributed by atoms with Crippen LogP contribution in [-0.4, -0.2) is 43.0 Å². The Morgan fingerprint density at radius 2 is 1.89 bits per heavy atom. The minimum Gasteiger partial charge on any atom is -0.309 e. The maximum Gasteiger partial charge on any atom is 0.263 e. The second kappa shape index (κ2) is 9.26. The SMILES string of the molecule is Cc1ccc2nc(N(CCCN(C)C)C(=O)c3ccccc3F)sc2c1.Cl. The summed E-state index contributed by atoms with van der Waals surface area (Å²) in [4.78, 5) is 21.3. The van der Waals surface area contributed by atoms with Crippen molar-refractivity contribution in [1.82, 2.24) is 9.88 Å². The Bertz CT molecular complexity index is 928. The number of aromatic nitrogens is 1. The fourth-order valence-corrected chi connectivity index (χ4v) is 3.83. The minimum atomic E-state index is -0.507. The molecule has 0 saturated heterocycles. The highest BCUT2D eigenvalue weighted by Gasteiger charge is 2.23. The molecule has 27 heavy (non-hydrogen) atoms. The summed E-state index contributed by atoms with van der Waals surface area (Å²) < 4.78 is 15.2. The summed E-state index contributed by atoms with van der Waals surface area (Å²) >= 11 is 1.47. The average Bonchev–Trinajstić information content (AvgIpc) is 3.01. The van der Waals surface area contributed by atoms with Gasteiger partial charge >= 0.3 is 0 Å². The fourth-order valence-electron chi connectivity index (χ4n) is 2.74. The Morgan fingerprint density at radius 3 is 2.59 bits per heavy atom. The van der Waals surface area contributed by atoms with Crippen LogP contribution in [-0.2, 0) is 0 Å². The predicted molar refractivity (Wildman–Crippen MR) is 113 cm³/mol. The molecule has 0 unspecified atom stereocenters. The van der Waals surface area contributed by atoms with Crippen LogP contribution in [0.3, 0.4) is 0 Å². The van der Waals surface area contributed by atoms with Crippen LogP contribution in [0.1, 0.15) is 22.3 Å². The number of aryl methyl sites for hydroxylation is 1. The molecule has 0 aliphatic rings. The number of anilines is 1. The van der Waals surface area contributed by atoms with Crippen LogP contribution in [0.15, 0.2) is 42.5 Å². The first kappa shape index (κ1) is 21.3. The molecule has 4 nitrogen and oxygen atoms in total. The van der Waals surface area contributed by atoms with E-state index in [1.54, 1.807) is 17.0 Å². The summed E-state index contributed by atoms with van der Waals surface area (Å²) in [7, 11) is 3.98. The Labute approximate surface area is 169 Å². The number of amides is 1. The zero-order chi connectivity index (χ0) is 18.7. The van der Waals surface area contributed by atoms with Crippen LogP contribution < -0.4 is 4.90 Å². The van der Waals surface area contributed by atoms with E-state index in [1.807, 2.05) is 33.2 Å². The van der Waals surface area contributed by atoms with Crippen LogP contribution in [0.2, 0.25) is 0 Å². The second-order valence-corrected chi connectivity index (χ2v) is 7.57. The van der Waals surface area contributed by atoms with Crippen LogP contribution in [0.5, 0.6) is 0 Å². The molecule has 2 aromatic carbocycles. The van der Waals surface area contributed by atoms with E-state index in [0.717, 1.165) is 28.7 Å². The zero-order valence-electron chi connectivity index (χ0n) is 15.6. The van der Waals surface area contributed by atoms with E-state index in [-0.39, 0.29) is 23.9 Å². The fraction of sp³-hybridized carbons (Fsp3) is 0.300. The van der Waals surface area contributed by atoms with Crippen molar-refractivity contribution < 1.29 is 9.18 Å². The molecule has 0 saturated carbocycles. The first-order valence-corrected chi connectivity index (χ1v) is 9.35. The molecule has 7 heteroatoms. The molecule has 3 aromatic rings. The molecule has 1 amide bonds. The number of nitrogens with zero attached hydrogens (tertiary/aromatic N) is 3. The van der Waals surface area contributed by atoms with E-state index in [4.69, 9.17) is 0 Å². The quantitative estimate of drug-likeness (QED) is 0.590. The van der Waals surface area contributed by atoms with Crippen molar-refractivity contribution in [3.05, 3.63) is 59.4 Å². The van der Waals surface area contributed by atoms with Gasteiger partial charge in [-0.3, -0.25) is 9.69 Å². The maximum atomic E-state index is 14.2. The molecule has 144 valence electrons. The number of rotatable bonds is 6. The van der Waals surface area contributed by atoms with E-state index in [2.05, 4.69) is 16.0 Å². The summed E-state index contributed by atoms with van der Waals surface area (Å²) in [6.45, 7) is 3.35. The van der Waals surface area contributed by atoms with Gasteiger partial charge in [0.25, 0.3) is 5.91 Å². The van der Waals surface area contributed by atoms with Gasteiger partial charge in [0.05, 0.1) is 15.8 Å². The van der Waals surface area contributed by atoms with E-state index >= 15 is 0 Å². The van der Waals surface area contributed by atoms with Crippen LogP contribution >= 0.6 is 23.7 Å². The van der Waals surface area contributed by atoms with Crippen molar-refractivity contribution in [3.8, 4) is 0 Å². The standard InChI is InChI=1S/C20H22FN3OS.ClH/c1-14-9-10-17-18(13-14)26-20(22-17)24(12-6-11-23(2)3)19(25)15-7-4-5-8-16(15)21;/h4-5,7-10,13H,6,11-12H2,1-3H3;1H. The summed E-state index contributed by atoms with van der Waals surface area (Å²) in [6.07, 6.45) is 0.780. The van der Waals surface area contributed by atoms with Crippen molar-refractivity contribution >= 4 is 45.0 Å². The van der Waals surface area contributed by atoms with E-state index in [0.29, 0.717) is 11.7 Å². The molecule has 0 aliphatic heterocycles. The smallest absolute Gasteiger partial charge is 0.263 e. The zero-order valence-corrected chi connectivity index (χ0v) is 17.2. The van der Waals surface area contributed by atoms with Crippen LogP contribution in [0.25, 0.3) is 10.2 Å². The predicted octanol–water partition coefficient (Wildman–Crippen LogP) is 4.76. The summed E-state index contributed by atoms with van der Waals surface area (Å²) in [5, 5.41) is 0.609. The number of fused-ring (bicyclic) bond motifs is 1. The normalized spacial score (nSPS) is 10.9. The molecule has 0 bridgehead atoms. The molecule has 0 radical (unpaired) electrons. The molecule has 0 spiro atoms. The number of halogens is 2. The lowest BCUT2D eigenvalue weighted by Gasteiger charge is -2.21. The lowest BCUT2D eigenvalue weighted by Crippen LogP contribution is -2.34. The van der Waals surface area contributed by atoms with Crippen molar-refractivity contribution in [2.45, 2.75) is 13.3 Å². The van der Waals surface area contributed by atoms with E-state index in [1.165, 1.54) is 23.5 Å². The molecule has 3 rings (SSSR count). The van der Waals surface area contributed by atoms with Crippen molar-refractivity contribution in [2.75, 3.05) is 32.1 Å². The largest absolute Gasteiger partial charge is 0.309 e. The van der Waals surface area contributed by atoms with Crippen molar-refractivity contribution in [1.29, 1.82) is 0 Å². The van der Waals surface area contributed by atoms with Gasteiger partial charge < -0.3 is 4.90 Å². The highest BCUT2D eigenvalue weighted by Crippen LogP contribution is 2.30. The molecule has 0 fully saturated rings. The minimum absolute atomic E-state index is 0. The Kier molecular flexibility index (Phi) is 7.30. The third-order valence-electron chi connectivity index (χ3n) is 4.10. The Morgan fingerprint density at radius 1 is 1.15 bits per heavy atom. The number of hydrogen-bond donors (Lipinski definition) is 0. The molecular formula is C20H23ClFN3OS. The maximum absolute atomic E-state index is 14.2. The monoisotopic (exact) mass is 407 g/mol. The lowest BCUT2D eigenvalue weighted by molar-refractivity contribution is 0.0982. The van der Waals surface area contributed by atoms with Gasteiger partial charge in [0.15, 0.2) is 5.13 Å². The first-order chi connectivity index (χ1) is 12.5. The van der Waals surface area contributed by atoms with Crippen molar-refractivity contribution in [3.63, 3.8) is 0 Å². The highest BCUT2D eigenvalue weighted by molar-refractivity contribution is 7.22. The summed E-state index contributed by atoms with van der Waals surface area (Å²) in [5.41, 5.74) is 2.08. The third-order valence-corrected chi connectivity index (χ3v) is 5.14. The highest BCUT2D eigenvalue weighted by atomic mass is 35.5. The number of thiazole rings is 1. The van der Waals surface area contributed by atoms with Gasteiger partial charge in [0.1, 0.15) is 5.82 Å². The molecule has 1 aromatic heterocycles. The Balaban J connectivity index is 0.00000261. The summed E-state index contributed by atoms with van der Waals surface area (Å²) in [5.74, 6) is -0.857. The number of hydrogen-bond acceptors (Lipinski definition) is 4. The van der Waals surface area contributed by atoms with Gasteiger partial charge in [-0.15, -0.1) is 12.4 Å². The van der Waals surface area contributed by atoms with Crippen LogP contribution in [0.4, 0.5) is 9.52 Å². The van der Waals surface area contributed by atoms with Gasteiger partial charge in [-0.05, 0) is 63.8 Å². The molecular weight excluding hydrogens is 385 g/mol. The lowest BCUT2D eigenvalue weighted by atomic mass is 10.2. The van der Waals surface area contributed by atoms with Crippen molar-refractivity contribution in [2.24, 2.45) is 0 Å².